The maximum atomic E-state index is 13.1. The quantitative estimate of drug-likeness (QED) is 0.615. The number of imidazole rings is 1. The minimum atomic E-state index is -0.363. The maximum absolute atomic E-state index is 13.1. The summed E-state index contributed by atoms with van der Waals surface area (Å²) >= 11 is 6.16. The molecule has 1 unspecified atom stereocenters. The largest absolute Gasteiger partial charge is 0.338 e. The lowest BCUT2D eigenvalue weighted by Gasteiger charge is -2.30. The zero-order valence-corrected chi connectivity index (χ0v) is 19.8. The summed E-state index contributed by atoms with van der Waals surface area (Å²) < 4.78 is 3.42. The Kier molecular flexibility index (Phi) is 5.83. The first-order chi connectivity index (χ1) is 16.4. The van der Waals surface area contributed by atoms with Crippen LogP contribution in [0.5, 0.6) is 0 Å². The molecule has 2 aromatic heterocycles. The van der Waals surface area contributed by atoms with E-state index in [-0.39, 0.29) is 23.4 Å². The summed E-state index contributed by atoms with van der Waals surface area (Å²) in [4.78, 5) is 32.4. The van der Waals surface area contributed by atoms with E-state index >= 15 is 0 Å². The molecule has 5 rings (SSSR count). The third-order valence-corrected chi connectivity index (χ3v) is 6.45. The average Bonchev–Trinajstić information content (AvgIpc) is 3.37. The van der Waals surface area contributed by atoms with Crippen molar-refractivity contribution in [2.75, 3.05) is 13.1 Å². The van der Waals surface area contributed by atoms with Crippen LogP contribution in [-0.4, -0.2) is 49.1 Å². The standard InChI is InChI=1S/C25H25ClN6O2/c1-16-7-8-19(9-12-32-15-21(29-23(16)32)17-5-3-6-18(26)13-17)28-24(33)22-20(14-27-30(22)2)25(34)31-10-4-11-31/h3,5-6,8-9,12-16H,4,7,10-11H2,1-2H3,(H,28,33). The van der Waals surface area contributed by atoms with Gasteiger partial charge in [-0.15, -0.1) is 0 Å². The Bertz CT molecular complexity index is 1330. The van der Waals surface area contributed by atoms with E-state index in [0.717, 1.165) is 23.5 Å². The number of hydrogen-bond donors (Lipinski definition) is 1. The fourth-order valence-corrected chi connectivity index (χ4v) is 4.34. The van der Waals surface area contributed by atoms with Crippen molar-refractivity contribution < 1.29 is 9.59 Å². The second-order valence-corrected chi connectivity index (χ2v) is 9.08. The van der Waals surface area contributed by atoms with E-state index in [9.17, 15) is 9.59 Å². The van der Waals surface area contributed by atoms with Gasteiger partial charge in [0.05, 0.1) is 17.5 Å². The minimum Gasteiger partial charge on any atom is -0.338 e. The van der Waals surface area contributed by atoms with Crippen LogP contribution in [0.1, 0.15) is 52.4 Å². The van der Waals surface area contributed by atoms with Gasteiger partial charge in [0.1, 0.15) is 11.5 Å². The highest BCUT2D eigenvalue weighted by Crippen LogP contribution is 2.28. The minimum absolute atomic E-state index is 0.130. The number of rotatable bonds is 4. The van der Waals surface area contributed by atoms with Gasteiger partial charge < -0.3 is 14.8 Å². The summed E-state index contributed by atoms with van der Waals surface area (Å²) in [5.41, 5.74) is 3.03. The molecular weight excluding hydrogens is 452 g/mol. The number of halogens is 1. The van der Waals surface area contributed by atoms with Gasteiger partial charge in [-0.1, -0.05) is 36.7 Å². The molecule has 1 N–H and O–H groups in total. The molecule has 0 radical (unpaired) electrons. The molecule has 4 heterocycles. The van der Waals surface area contributed by atoms with Crippen LogP contribution in [0, 0.1) is 0 Å². The number of allylic oxidation sites excluding steroid dienone is 2. The van der Waals surface area contributed by atoms with Crippen LogP contribution in [0.2, 0.25) is 5.02 Å². The number of fused-ring (bicyclic) bond motifs is 1. The van der Waals surface area contributed by atoms with E-state index in [1.807, 2.05) is 53.4 Å². The number of benzene rings is 1. The van der Waals surface area contributed by atoms with Crippen LogP contribution in [0.4, 0.5) is 0 Å². The first kappa shape index (κ1) is 22.2. The summed E-state index contributed by atoms with van der Waals surface area (Å²) in [7, 11) is 1.67. The van der Waals surface area contributed by atoms with Crippen LogP contribution in [0.3, 0.4) is 0 Å². The van der Waals surface area contributed by atoms with Crippen LogP contribution in [0.15, 0.2) is 54.5 Å². The highest BCUT2D eigenvalue weighted by molar-refractivity contribution is 6.30. The normalized spacial score (nSPS) is 17.3. The summed E-state index contributed by atoms with van der Waals surface area (Å²) in [5.74, 6) is 0.544. The van der Waals surface area contributed by atoms with Crippen molar-refractivity contribution in [3.8, 4) is 11.3 Å². The smallest absolute Gasteiger partial charge is 0.274 e. The summed E-state index contributed by atoms with van der Waals surface area (Å²) in [5, 5.41) is 7.77. The molecular formula is C25H25ClN6O2. The van der Waals surface area contributed by atoms with Gasteiger partial charge in [-0.25, -0.2) is 4.98 Å². The number of carbonyl (C=O) groups is 2. The van der Waals surface area contributed by atoms with Crippen molar-refractivity contribution in [1.29, 1.82) is 0 Å². The molecule has 1 aromatic carbocycles. The first-order valence-corrected chi connectivity index (χ1v) is 11.6. The summed E-state index contributed by atoms with van der Waals surface area (Å²) in [6.07, 6.45) is 10.8. The van der Waals surface area contributed by atoms with E-state index in [0.29, 0.717) is 35.8 Å². The number of amides is 2. The molecule has 1 atom stereocenters. The Morgan fingerprint density at radius 2 is 2.06 bits per heavy atom. The Hall–Kier alpha value is -3.65. The molecule has 0 aliphatic carbocycles. The Morgan fingerprint density at radius 3 is 2.79 bits per heavy atom. The second-order valence-electron chi connectivity index (χ2n) is 8.64. The molecule has 2 aliphatic heterocycles. The van der Waals surface area contributed by atoms with Crippen LogP contribution in [-0.2, 0) is 7.05 Å². The number of aromatic nitrogens is 4. The molecule has 9 heteroatoms. The van der Waals surface area contributed by atoms with Gasteiger partial charge in [0.2, 0.25) is 0 Å². The van der Waals surface area contributed by atoms with E-state index in [4.69, 9.17) is 16.6 Å². The first-order valence-electron chi connectivity index (χ1n) is 11.3. The number of hydrogen-bond acceptors (Lipinski definition) is 4. The number of nitrogens with one attached hydrogen (secondary N) is 1. The maximum Gasteiger partial charge on any atom is 0.274 e. The van der Waals surface area contributed by atoms with Gasteiger partial charge in [0.15, 0.2) is 0 Å². The SMILES string of the molecule is CC1CC=C(NC(=O)c2c(C(=O)N3CCC3)cnn2C)C=Cn2cc(-c3cccc(Cl)c3)nc21. The van der Waals surface area contributed by atoms with Crippen molar-refractivity contribution in [3.05, 3.63) is 76.6 Å². The van der Waals surface area contributed by atoms with Gasteiger partial charge in [0, 0.05) is 54.7 Å². The molecule has 0 bridgehead atoms. The molecule has 2 amide bonds. The zero-order chi connectivity index (χ0) is 23.8. The van der Waals surface area contributed by atoms with Gasteiger partial charge in [-0.3, -0.25) is 14.3 Å². The van der Waals surface area contributed by atoms with E-state index in [2.05, 4.69) is 17.3 Å². The highest BCUT2D eigenvalue weighted by Gasteiger charge is 2.29. The predicted octanol–water partition coefficient (Wildman–Crippen LogP) is 4.07. The van der Waals surface area contributed by atoms with Crippen molar-refractivity contribution in [3.63, 3.8) is 0 Å². The molecule has 0 spiro atoms. The molecule has 0 saturated carbocycles. The van der Waals surface area contributed by atoms with Crippen molar-refractivity contribution >= 4 is 29.6 Å². The molecule has 8 nitrogen and oxygen atoms in total. The zero-order valence-electron chi connectivity index (χ0n) is 19.0. The monoisotopic (exact) mass is 476 g/mol. The van der Waals surface area contributed by atoms with Gasteiger partial charge in [-0.05, 0) is 31.1 Å². The Morgan fingerprint density at radius 1 is 1.24 bits per heavy atom. The number of carbonyl (C=O) groups excluding carboxylic acids is 2. The Labute approximate surface area is 202 Å². The van der Waals surface area contributed by atoms with Crippen LogP contribution >= 0.6 is 11.6 Å². The van der Waals surface area contributed by atoms with Gasteiger partial charge >= 0.3 is 0 Å². The average molecular weight is 477 g/mol. The third-order valence-electron chi connectivity index (χ3n) is 6.21. The van der Waals surface area contributed by atoms with Crippen molar-refractivity contribution in [1.82, 2.24) is 29.5 Å². The molecule has 3 aromatic rings. The molecule has 34 heavy (non-hydrogen) atoms. The second kappa shape index (κ2) is 8.95. The third kappa shape index (κ3) is 4.17. The number of aryl methyl sites for hydroxylation is 1. The van der Waals surface area contributed by atoms with Crippen LogP contribution < -0.4 is 5.32 Å². The molecule has 2 aliphatic rings. The summed E-state index contributed by atoms with van der Waals surface area (Å²) in [6, 6.07) is 7.61. The van der Waals surface area contributed by atoms with Gasteiger partial charge in [0.25, 0.3) is 11.8 Å². The van der Waals surface area contributed by atoms with E-state index in [1.54, 1.807) is 11.9 Å². The van der Waals surface area contributed by atoms with Crippen molar-refractivity contribution in [2.45, 2.75) is 25.7 Å². The molecule has 1 saturated heterocycles. The topological polar surface area (TPSA) is 85.0 Å². The predicted molar refractivity (Wildman–Crippen MR) is 130 cm³/mol. The van der Waals surface area contributed by atoms with E-state index in [1.165, 1.54) is 10.9 Å². The lowest BCUT2D eigenvalue weighted by atomic mass is 10.1. The van der Waals surface area contributed by atoms with Gasteiger partial charge in [-0.2, -0.15) is 5.10 Å². The fourth-order valence-electron chi connectivity index (χ4n) is 4.15. The highest BCUT2D eigenvalue weighted by atomic mass is 35.5. The van der Waals surface area contributed by atoms with Crippen LogP contribution in [0.25, 0.3) is 17.5 Å². The lowest BCUT2D eigenvalue weighted by Crippen LogP contribution is -2.42. The molecule has 1 fully saturated rings. The molecule has 174 valence electrons. The van der Waals surface area contributed by atoms with E-state index < -0.39 is 0 Å². The fraction of sp³-hybridized carbons (Fsp3) is 0.280. The van der Waals surface area contributed by atoms with Crippen molar-refractivity contribution in [2.24, 2.45) is 7.05 Å². The summed E-state index contributed by atoms with van der Waals surface area (Å²) in [6.45, 7) is 3.52. The Balaban J connectivity index is 1.38. The lowest BCUT2D eigenvalue weighted by molar-refractivity contribution is 0.0647. The number of likely N-dealkylation sites (tertiary alicyclic amines) is 1. The number of nitrogens with zero attached hydrogens (tertiary/aromatic N) is 5.